The van der Waals surface area contributed by atoms with Crippen molar-refractivity contribution in [2.75, 3.05) is 7.11 Å². The lowest BCUT2D eigenvalue weighted by atomic mass is 10.2. The summed E-state index contributed by atoms with van der Waals surface area (Å²) in [5.74, 6) is -0.281. The monoisotopic (exact) mass is 486 g/mol. The lowest BCUT2D eigenvalue weighted by Crippen LogP contribution is -2.17. The molecule has 0 atom stereocenters. The Kier molecular flexibility index (Phi) is 7.21. The van der Waals surface area contributed by atoms with Gasteiger partial charge >= 0.3 is 5.97 Å². The van der Waals surface area contributed by atoms with E-state index in [1.54, 1.807) is 60.7 Å². The first-order chi connectivity index (χ1) is 14.5. The van der Waals surface area contributed by atoms with Crippen molar-refractivity contribution in [3.05, 3.63) is 92.9 Å². The minimum absolute atomic E-state index is 0.266. The zero-order chi connectivity index (χ0) is 21.5. The molecule has 0 aliphatic heterocycles. The molecule has 0 radical (unpaired) electrons. The minimum atomic E-state index is -0.509. The third-order valence-electron chi connectivity index (χ3n) is 3.92. The molecule has 0 aliphatic rings. The molecule has 0 saturated carbocycles. The van der Waals surface area contributed by atoms with Gasteiger partial charge in [-0.25, -0.2) is 10.2 Å². The van der Waals surface area contributed by atoms with Gasteiger partial charge in [0.15, 0.2) is 11.5 Å². The first-order valence-corrected chi connectivity index (χ1v) is 9.88. The second kappa shape index (κ2) is 10.0. The Hall–Kier alpha value is -3.16. The maximum Gasteiger partial charge on any atom is 0.343 e. The summed E-state index contributed by atoms with van der Waals surface area (Å²) < 4.78 is 11.5. The highest BCUT2D eigenvalue weighted by atomic mass is 79.9. The van der Waals surface area contributed by atoms with Crippen LogP contribution in [-0.4, -0.2) is 25.2 Å². The maximum absolute atomic E-state index is 12.3. The summed E-state index contributed by atoms with van der Waals surface area (Å²) in [4.78, 5) is 24.4. The molecule has 6 nitrogen and oxygen atoms in total. The number of nitrogens with zero attached hydrogens (tertiary/aromatic N) is 1. The van der Waals surface area contributed by atoms with Crippen molar-refractivity contribution in [3.8, 4) is 11.5 Å². The van der Waals surface area contributed by atoms with Gasteiger partial charge in [0.05, 0.1) is 18.9 Å². The molecule has 3 rings (SSSR count). The van der Waals surface area contributed by atoms with Crippen LogP contribution in [0.2, 0.25) is 5.02 Å². The summed E-state index contributed by atoms with van der Waals surface area (Å²) in [6.07, 6.45) is 1.45. The molecule has 0 saturated heterocycles. The van der Waals surface area contributed by atoms with E-state index < -0.39 is 5.97 Å². The highest BCUT2D eigenvalue weighted by Gasteiger charge is 2.13. The van der Waals surface area contributed by atoms with Gasteiger partial charge in [-0.1, -0.05) is 39.7 Å². The third kappa shape index (κ3) is 5.68. The fourth-order valence-corrected chi connectivity index (χ4v) is 3.07. The van der Waals surface area contributed by atoms with Gasteiger partial charge in [0, 0.05) is 15.1 Å². The Bertz CT molecular complexity index is 1120. The van der Waals surface area contributed by atoms with Crippen molar-refractivity contribution in [2.24, 2.45) is 5.10 Å². The van der Waals surface area contributed by atoms with E-state index in [0.29, 0.717) is 27.5 Å². The zero-order valence-electron chi connectivity index (χ0n) is 15.8. The minimum Gasteiger partial charge on any atom is -0.493 e. The summed E-state index contributed by atoms with van der Waals surface area (Å²) in [5.41, 5.74) is 3.87. The van der Waals surface area contributed by atoms with Gasteiger partial charge in [-0.2, -0.15) is 5.10 Å². The average molecular weight is 488 g/mol. The average Bonchev–Trinajstić information content (AvgIpc) is 2.74. The van der Waals surface area contributed by atoms with Crippen molar-refractivity contribution in [3.63, 3.8) is 0 Å². The second-order valence-corrected chi connectivity index (χ2v) is 7.37. The molecule has 0 aliphatic carbocycles. The lowest BCUT2D eigenvalue weighted by Gasteiger charge is -2.10. The maximum atomic E-state index is 12.3. The van der Waals surface area contributed by atoms with Crippen LogP contribution in [0.5, 0.6) is 11.5 Å². The molecule has 0 unspecified atom stereocenters. The number of carbonyl (C=O) groups is 2. The van der Waals surface area contributed by atoms with Crippen LogP contribution in [0.4, 0.5) is 0 Å². The number of hydrogen-bond acceptors (Lipinski definition) is 5. The number of carbonyl (C=O) groups excluding carboxylic acids is 2. The van der Waals surface area contributed by atoms with Gasteiger partial charge in [-0.3, -0.25) is 4.79 Å². The van der Waals surface area contributed by atoms with Crippen LogP contribution in [0.15, 0.2) is 76.3 Å². The van der Waals surface area contributed by atoms with Gasteiger partial charge < -0.3 is 9.47 Å². The number of methoxy groups -OCH3 is 1. The van der Waals surface area contributed by atoms with E-state index in [0.717, 1.165) is 4.47 Å². The molecule has 0 fully saturated rings. The Labute approximate surface area is 186 Å². The Morgan fingerprint density at radius 3 is 2.50 bits per heavy atom. The number of ether oxygens (including phenoxy) is 2. The van der Waals surface area contributed by atoms with Gasteiger partial charge in [0.1, 0.15) is 0 Å². The molecule has 0 spiro atoms. The topological polar surface area (TPSA) is 77.0 Å². The molecule has 0 bridgehead atoms. The molecule has 3 aromatic rings. The second-order valence-electron chi connectivity index (χ2n) is 6.02. The number of amides is 1. The van der Waals surface area contributed by atoms with Crippen LogP contribution in [-0.2, 0) is 0 Å². The number of hydrazone groups is 1. The molecule has 152 valence electrons. The Balaban J connectivity index is 1.68. The summed E-state index contributed by atoms with van der Waals surface area (Å²) in [6.45, 7) is 0. The van der Waals surface area contributed by atoms with E-state index in [2.05, 4.69) is 26.5 Å². The number of esters is 1. The molecule has 3 aromatic carbocycles. The largest absolute Gasteiger partial charge is 0.493 e. The molecule has 8 heteroatoms. The first kappa shape index (κ1) is 21.5. The van der Waals surface area contributed by atoms with Crippen LogP contribution in [0.3, 0.4) is 0 Å². The quantitative estimate of drug-likeness (QED) is 0.227. The fraction of sp³-hybridized carbons (Fsp3) is 0.0455. The molecule has 0 aromatic heterocycles. The lowest BCUT2D eigenvalue weighted by molar-refractivity contribution is 0.0729. The summed E-state index contributed by atoms with van der Waals surface area (Å²) in [6, 6.07) is 18.3. The highest BCUT2D eigenvalue weighted by molar-refractivity contribution is 9.10. The number of nitrogens with one attached hydrogen (secondary N) is 1. The summed E-state index contributed by atoms with van der Waals surface area (Å²) in [5, 5.41) is 4.40. The molecular weight excluding hydrogens is 472 g/mol. The summed E-state index contributed by atoms with van der Waals surface area (Å²) in [7, 11) is 1.47. The van der Waals surface area contributed by atoms with E-state index in [1.165, 1.54) is 13.3 Å². The van der Waals surface area contributed by atoms with E-state index in [9.17, 15) is 9.59 Å². The van der Waals surface area contributed by atoms with Crippen molar-refractivity contribution in [1.29, 1.82) is 0 Å². The number of rotatable bonds is 6. The zero-order valence-corrected chi connectivity index (χ0v) is 18.1. The SMILES string of the molecule is COc1cc(C=NNC(=O)c2cccc(Cl)c2)ccc1OC(=O)c1cccc(Br)c1. The molecule has 0 heterocycles. The summed E-state index contributed by atoms with van der Waals surface area (Å²) >= 11 is 9.20. The van der Waals surface area contributed by atoms with Gasteiger partial charge in [-0.15, -0.1) is 0 Å². The van der Waals surface area contributed by atoms with Crippen molar-refractivity contribution >= 4 is 45.6 Å². The van der Waals surface area contributed by atoms with Crippen LogP contribution < -0.4 is 14.9 Å². The Morgan fingerprint density at radius 1 is 1.00 bits per heavy atom. The van der Waals surface area contributed by atoms with Crippen molar-refractivity contribution in [2.45, 2.75) is 0 Å². The van der Waals surface area contributed by atoms with Crippen molar-refractivity contribution in [1.82, 2.24) is 5.43 Å². The molecule has 1 amide bonds. The van der Waals surface area contributed by atoms with Crippen molar-refractivity contribution < 1.29 is 19.1 Å². The first-order valence-electron chi connectivity index (χ1n) is 8.71. The van der Waals surface area contributed by atoms with Gasteiger partial charge in [0.2, 0.25) is 0 Å². The smallest absolute Gasteiger partial charge is 0.343 e. The van der Waals surface area contributed by atoms with E-state index in [4.69, 9.17) is 21.1 Å². The fourth-order valence-electron chi connectivity index (χ4n) is 2.48. The molecular formula is C22H16BrClN2O4. The number of benzene rings is 3. The van der Waals surface area contributed by atoms with E-state index in [-0.39, 0.29) is 11.7 Å². The van der Waals surface area contributed by atoms with Crippen LogP contribution in [0, 0.1) is 0 Å². The molecule has 1 N–H and O–H groups in total. The standard InChI is InChI=1S/C22H16BrClN2O4/c1-29-20-10-14(13-25-26-21(27)15-4-3-7-18(24)12-15)8-9-19(20)30-22(28)16-5-2-6-17(23)11-16/h2-13H,1H3,(H,26,27). The van der Waals surface area contributed by atoms with Crippen LogP contribution >= 0.6 is 27.5 Å². The Morgan fingerprint density at radius 2 is 1.77 bits per heavy atom. The number of halogens is 2. The van der Waals surface area contributed by atoms with E-state index >= 15 is 0 Å². The van der Waals surface area contributed by atoms with E-state index in [1.807, 2.05) is 6.07 Å². The van der Waals surface area contributed by atoms with Gasteiger partial charge in [-0.05, 0) is 60.2 Å². The molecule has 30 heavy (non-hydrogen) atoms. The van der Waals surface area contributed by atoms with Gasteiger partial charge in [0.25, 0.3) is 5.91 Å². The normalized spacial score (nSPS) is 10.6. The predicted octanol–water partition coefficient (Wildman–Crippen LogP) is 5.09. The predicted molar refractivity (Wildman–Crippen MR) is 119 cm³/mol. The highest BCUT2D eigenvalue weighted by Crippen LogP contribution is 2.28. The van der Waals surface area contributed by atoms with Crippen LogP contribution in [0.25, 0.3) is 0 Å². The number of hydrogen-bond donors (Lipinski definition) is 1. The van der Waals surface area contributed by atoms with Crippen LogP contribution in [0.1, 0.15) is 26.3 Å². The third-order valence-corrected chi connectivity index (χ3v) is 4.65.